The molecule has 1 N–H and O–H groups in total. The van der Waals surface area contributed by atoms with Crippen LogP contribution >= 0.6 is 0 Å². The molecule has 5 rings (SSSR count). The fraction of sp³-hybridized carbons (Fsp3) is 0.211. The molecule has 0 amide bonds. The van der Waals surface area contributed by atoms with Gasteiger partial charge in [0.25, 0.3) is 0 Å². The van der Waals surface area contributed by atoms with Crippen LogP contribution in [-0.2, 0) is 4.79 Å². The van der Waals surface area contributed by atoms with Crippen LogP contribution in [-0.4, -0.2) is 20.5 Å². The smallest absolute Gasteiger partial charge is 0.226 e. The summed E-state index contributed by atoms with van der Waals surface area (Å²) in [6, 6.07) is 13.6. The summed E-state index contributed by atoms with van der Waals surface area (Å²) >= 11 is 0. The number of fused-ring (bicyclic) bond motifs is 2. The highest BCUT2D eigenvalue weighted by molar-refractivity contribution is 5.88. The number of nitrogens with zero attached hydrogens (tertiary/aromatic N) is 3. The summed E-state index contributed by atoms with van der Waals surface area (Å²) < 4.78 is 7.32. The van der Waals surface area contributed by atoms with E-state index in [9.17, 15) is 4.79 Å². The van der Waals surface area contributed by atoms with Crippen molar-refractivity contribution in [3.05, 3.63) is 78.2 Å². The molecule has 1 aliphatic carbocycles. The lowest BCUT2D eigenvalue weighted by Gasteiger charge is -2.37. The zero-order valence-corrected chi connectivity index (χ0v) is 13.4. The Morgan fingerprint density at radius 2 is 2.04 bits per heavy atom. The topological polar surface area (TPSA) is 73.0 Å². The molecule has 0 unspecified atom stereocenters. The average molecular weight is 332 g/mol. The van der Waals surface area contributed by atoms with Gasteiger partial charge < -0.3 is 9.73 Å². The number of carbonyl (C=O) groups excluding carboxylic acids is 1. The maximum atomic E-state index is 13.1. The van der Waals surface area contributed by atoms with Gasteiger partial charge in [-0.1, -0.05) is 36.4 Å². The van der Waals surface area contributed by atoms with E-state index in [2.05, 4.69) is 21.5 Å². The first-order chi connectivity index (χ1) is 12.3. The highest BCUT2D eigenvalue weighted by Gasteiger charge is 2.43. The van der Waals surface area contributed by atoms with Gasteiger partial charge in [0.15, 0.2) is 0 Å². The number of carbonyl (C=O) groups is 1. The van der Waals surface area contributed by atoms with Gasteiger partial charge in [0.1, 0.15) is 17.9 Å². The van der Waals surface area contributed by atoms with Crippen LogP contribution in [0.3, 0.4) is 0 Å². The minimum Gasteiger partial charge on any atom is -0.469 e. The summed E-state index contributed by atoms with van der Waals surface area (Å²) in [7, 11) is 0. The van der Waals surface area contributed by atoms with E-state index in [1.165, 1.54) is 6.33 Å². The van der Waals surface area contributed by atoms with Gasteiger partial charge in [-0.15, -0.1) is 0 Å². The maximum absolute atomic E-state index is 13.1. The molecule has 3 heterocycles. The molecular weight excluding hydrogens is 316 g/mol. The van der Waals surface area contributed by atoms with E-state index in [1.807, 2.05) is 47.1 Å². The third-order valence-electron chi connectivity index (χ3n) is 4.94. The van der Waals surface area contributed by atoms with Crippen molar-refractivity contribution in [1.29, 1.82) is 0 Å². The maximum Gasteiger partial charge on any atom is 0.226 e. The predicted molar refractivity (Wildman–Crippen MR) is 90.9 cm³/mol. The SMILES string of the molecule is O=C1C[C@@H](c2ccco2)C=C2Nc3ncnn3[C@H](c3ccccc3)[C@@H]12. The van der Waals surface area contributed by atoms with Crippen molar-refractivity contribution in [2.24, 2.45) is 5.92 Å². The molecule has 1 aromatic carbocycles. The normalized spacial score (nSPS) is 24.9. The molecule has 2 aromatic heterocycles. The zero-order valence-electron chi connectivity index (χ0n) is 13.4. The Kier molecular flexibility index (Phi) is 3.09. The second-order valence-corrected chi connectivity index (χ2v) is 6.40. The summed E-state index contributed by atoms with van der Waals surface area (Å²) in [6.45, 7) is 0. The molecule has 0 fully saturated rings. The molecular formula is C19H16N4O2. The van der Waals surface area contributed by atoms with Crippen LogP contribution in [0.4, 0.5) is 5.95 Å². The van der Waals surface area contributed by atoms with Crippen molar-refractivity contribution < 1.29 is 9.21 Å². The van der Waals surface area contributed by atoms with Crippen LogP contribution in [0, 0.1) is 5.92 Å². The van der Waals surface area contributed by atoms with Gasteiger partial charge in [0, 0.05) is 18.0 Å². The average Bonchev–Trinajstić information content (AvgIpc) is 3.32. The van der Waals surface area contributed by atoms with E-state index < -0.39 is 0 Å². The molecule has 1 aliphatic heterocycles. The van der Waals surface area contributed by atoms with Crippen molar-refractivity contribution in [2.75, 3.05) is 5.32 Å². The highest BCUT2D eigenvalue weighted by atomic mass is 16.3. The van der Waals surface area contributed by atoms with E-state index in [4.69, 9.17) is 4.42 Å². The lowest BCUT2D eigenvalue weighted by Crippen LogP contribution is -2.40. The van der Waals surface area contributed by atoms with Gasteiger partial charge in [-0.2, -0.15) is 10.1 Å². The van der Waals surface area contributed by atoms with E-state index in [0.29, 0.717) is 12.4 Å². The van der Waals surface area contributed by atoms with Gasteiger partial charge in [-0.25, -0.2) is 4.68 Å². The molecule has 0 saturated heterocycles. The van der Waals surface area contributed by atoms with Gasteiger partial charge in [-0.3, -0.25) is 4.79 Å². The minimum atomic E-state index is -0.289. The molecule has 0 bridgehead atoms. The number of hydrogen-bond acceptors (Lipinski definition) is 5. The Hall–Kier alpha value is -3.15. The van der Waals surface area contributed by atoms with Gasteiger partial charge >= 0.3 is 0 Å². The Morgan fingerprint density at radius 3 is 2.84 bits per heavy atom. The Labute approximate surface area is 144 Å². The van der Waals surface area contributed by atoms with Gasteiger partial charge in [0.2, 0.25) is 5.95 Å². The molecule has 6 nitrogen and oxygen atoms in total. The van der Waals surface area contributed by atoms with Crippen LogP contribution in [0.1, 0.15) is 29.7 Å². The van der Waals surface area contributed by atoms with Crippen LogP contribution in [0.5, 0.6) is 0 Å². The largest absolute Gasteiger partial charge is 0.469 e. The molecule has 3 aromatic rings. The summed E-state index contributed by atoms with van der Waals surface area (Å²) in [4.78, 5) is 17.4. The third kappa shape index (κ3) is 2.21. The predicted octanol–water partition coefficient (Wildman–Crippen LogP) is 3.14. The van der Waals surface area contributed by atoms with E-state index in [1.54, 1.807) is 6.26 Å². The Morgan fingerprint density at radius 1 is 1.16 bits per heavy atom. The number of rotatable bonds is 2. The lowest BCUT2D eigenvalue weighted by molar-refractivity contribution is -0.123. The monoisotopic (exact) mass is 332 g/mol. The van der Waals surface area contributed by atoms with Gasteiger partial charge in [-0.05, 0) is 17.7 Å². The van der Waals surface area contributed by atoms with Crippen LogP contribution in [0.2, 0.25) is 0 Å². The Balaban J connectivity index is 1.64. The van der Waals surface area contributed by atoms with Gasteiger partial charge in [0.05, 0.1) is 18.2 Å². The third-order valence-corrected chi connectivity index (χ3v) is 4.94. The second kappa shape index (κ2) is 5.44. The quantitative estimate of drug-likeness (QED) is 0.780. The number of benzene rings is 1. The Bertz CT molecular complexity index is 943. The number of furan rings is 1. The number of aromatic nitrogens is 3. The van der Waals surface area contributed by atoms with Crippen molar-refractivity contribution >= 4 is 11.7 Å². The fourth-order valence-corrected chi connectivity index (χ4v) is 3.84. The number of hydrogen-bond donors (Lipinski definition) is 1. The molecule has 124 valence electrons. The minimum absolute atomic E-state index is 0.0489. The number of nitrogens with one attached hydrogen (secondary N) is 1. The standard InChI is InChI=1S/C19H16N4O2/c24-15-10-13(16-7-4-8-25-16)9-14-17(15)18(12-5-2-1-3-6-12)23-19(22-14)20-11-21-23/h1-9,11,13,17-18H,10H2,(H,20,21,22)/t13-,17+,18+/m0/s1. The first-order valence-corrected chi connectivity index (χ1v) is 8.30. The molecule has 3 atom stereocenters. The molecule has 0 saturated carbocycles. The second-order valence-electron chi connectivity index (χ2n) is 6.40. The number of Topliss-reactive ketones (excluding diaryl/α,β-unsaturated/α-hetero) is 1. The summed E-state index contributed by atoms with van der Waals surface area (Å²) in [5.41, 5.74) is 1.93. The summed E-state index contributed by atoms with van der Waals surface area (Å²) in [5, 5.41) is 7.64. The first kappa shape index (κ1) is 14.2. The first-order valence-electron chi connectivity index (χ1n) is 8.30. The summed E-state index contributed by atoms with van der Waals surface area (Å²) in [6.07, 6.45) is 5.68. The van der Waals surface area contributed by atoms with E-state index in [0.717, 1.165) is 17.0 Å². The molecule has 0 radical (unpaired) electrons. The van der Waals surface area contributed by atoms with E-state index in [-0.39, 0.29) is 23.7 Å². The van der Waals surface area contributed by atoms with Crippen molar-refractivity contribution in [2.45, 2.75) is 18.4 Å². The van der Waals surface area contributed by atoms with Crippen molar-refractivity contribution in [3.63, 3.8) is 0 Å². The number of ketones is 1. The van der Waals surface area contributed by atoms with Crippen LogP contribution < -0.4 is 5.32 Å². The zero-order chi connectivity index (χ0) is 16.8. The molecule has 25 heavy (non-hydrogen) atoms. The summed E-state index contributed by atoms with van der Waals surface area (Å²) in [5.74, 6) is 1.31. The molecule has 2 aliphatic rings. The highest BCUT2D eigenvalue weighted by Crippen LogP contribution is 2.43. The van der Waals surface area contributed by atoms with Crippen molar-refractivity contribution in [3.8, 4) is 0 Å². The van der Waals surface area contributed by atoms with E-state index >= 15 is 0 Å². The van der Waals surface area contributed by atoms with Crippen LogP contribution in [0.25, 0.3) is 0 Å². The number of anilines is 1. The van der Waals surface area contributed by atoms with Crippen molar-refractivity contribution in [1.82, 2.24) is 14.8 Å². The van der Waals surface area contributed by atoms with Crippen LogP contribution in [0.15, 0.2) is 71.2 Å². The fourth-order valence-electron chi connectivity index (χ4n) is 3.84. The molecule has 0 spiro atoms. The molecule has 6 heteroatoms. The number of allylic oxidation sites excluding steroid dienone is 2. The lowest BCUT2D eigenvalue weighted by atomic mass is 9.77.